The van der Waals surface area contributed by atoms with Crippen molar-refractivity contribution in [3.8, 4) is 0 Å². The summed E-state index contributed by atoms with van der Waals surface area (Å²) in [5, 5.41) is 13.3. The standard InChI is InChI=1S/C15H28N4O/c1-7-19(11-15(5,6)20)13-16-8-12(9-17-13)10-18-14(2,3)4/h8-9,18,20H,7,10-11H2,1-6H3. The molecule has 5 heteroatoms. The largest absolute Gasteiger partial charge is 0.389 e. The third-order valence-corrected chi connectivity index (χ3v) is 2.76. The zero-order valence-corrected chi connectivity index (χ0v) is 13.6. The van der Waals surface area contributed by atoms with Gasteiger partial charge in [0.1, 0.15) is 0 Å². The number of aliphatic hydroxyl groups is 1. The molecule has 0 aliphatic rings. The molecule has 5 nitrogen and oxygen atoms in total. The van der Waals surface area contributed by atoms with Crippen LogP contribution in [-0.2, 0) is 6.54 Å². The van der Waals surface area contributed by atoms with Crippen molar-refractivity contribution in [3.63, 3.8) is 0 Å². The van der Waals surface area contributed by atoms with Crippen LogP contribution in [0.25, 0.3) is 0 Å². The molecule has 114 valence electrons. The van der Waals surface area contributed by atoms with Crippen molar-refractivity contribution >= 4 is 5.95 Å². The van der Waals surface area contributed by atoms with E-state index in [1.807, 2.05) is 24.2 Å². The van der Waals surface area contributed by atoms with Gasteiger partial charge in [-0.3, -0.25) is 0 Å². The number of hydrogen-bond acceptors (Lipinski definition) is 5. The van der Waals surface area contributed by atoms with E-state index in [0.29, 0.717) is 12.5 Å². The van der Waals surface area contributed by atoms with Gasteiger partial charge in [-0.05, 0) is 41.5 Å². The zero-order chi connectivity index (χ0) is 15.4. The lowest BCUT2D eigenvalue weighted by Gasteiger charge is -2.28. The maximum atomic E-state index is 9.90. The molecular formula is C15H28N4O. The predicted molar refractivity (Wildman–Crippen MR) is 82.8 cm³/mol. The second kappa shape index (κ2) is 6.50. The number of likely N-dealkylation sites (N-methyl/N-ethyl adjacent to an activating group) is 1. The van der Waals surface area contributed by atoms with Gasteiger partial charge in [-0.2, -0.15) is 0 Å². The summed E-state index contributed by atoms with van der Waals surface area (Å²) in [5.74, 6) is 0.661. The summed E-state index contributed by atoms with van der Waals surface area (Å²) in [6.07, 6.45) is 3.68. The molecule has 0 fully saturated rings. The minimum absolute atomic E-state index is 0.0784. The van der Waals surface area contributed by atoms with E-state index in [1.54, 1.807) is 13.8 Å². The van der Waals surface area contributed by atoms with Crippen LogP contribution in [0, 0.1) is 0 Å². The van der Waals surface area contributed by atoms with Gasteiger partial charge >= 0.3 is 0 Å². The van der Waals surface area contributed by atoms with Gasteiger partial charge in [0.2, 0.25) is 5.95 Å². The third-order valence-electron chi connectivity index (χ3n) is 2.76. The smallest absolute Gasteiger partial charge is 0.225 e. The van der Waals surface area contributed by atoms with E-state index in [0.717, 1.165) is 18.7 Å². The van der Waals surface area contributed by atoms with E-state index >= 15 is 0 Å². The van der Waals surface area contributed by atoms with E-state index in [9.17, 15) is 5.11 Å². The third kappa shape index (κ3) is 6.30. The molecule has 0 aromatic carbocycles. The quantitative estimate of drug-likeness (QED) is 0.834. The molecule has 0 saturated carbocycles. The summed E-state index contributed by atoms with van der Waals surface area (Å²) in [6, 6.07) is 0. The van der Waals surface area contributed by atoms with Gasteiger partial charge in [-0.1, -0.05) is 0 Å². The number of hydrogen-bond donors (Lipinski definition) is 2. The summed E-state index contributed by atoms with van der Waals surface area (Å²) in [5.41, 5.74) is 0.379. The lowest BCUT2D eigenvalue weighted by molar-refractivity contribution is 0.0872. The van der Waals surface area contributed by atoms with Crippen LogP contribution in [-0.4, -0.2) is 39.3 Å². The predicted octanol–water partition coefficient (Wildman–Crippen LogP) is 1.96. The Morgan fingerprint density at radius 1 is 1.15 bits per heavy atom. The summed E-state index contributed by atoms with van der Waals surface area (Å²) in [4.78, 5) is 10.8. The molecular weight excluding hydrogens is 252 g/mol. The first-order chi connectivity index (χ1) is 9.11. The van der Waals surface area contributed by atoms with Crippen LogP contribution < -0.4 is 10.2 Å². The molecule has 2 N–H and O–H groups in total. The highest BCUT2D eigenvalue weighted by Crippen LogP contribution is 2.12. The lowest BCUT2D eigenvalue weighted by atomic mass is 10.1. The fourth-order valence-electron chi connectivity index (χ4n) is 1.76. The van der Waals surface area contributed by atoms with Crippen molar-refractivity contribution in [2.75, 3.05) is 18.0 Å². The van der Waals surface area contributed by atoms with Crippen LogP contribution in [0.5, 0.6) is 0 Å². The number of aromatic nitrogens is 2. The molecule has 0 bridgehead atoms. The molecule has 0 atom stereocenters. The van der Waals surface area contributed by atoms with Crippen molar-refractivity contribution in [2.24, 2.45) is 0 Å². The summed E-state index contributed by atoms with van der Waals surface area (Å²) >= 11 is 0. The van der Waals surface area contributed by atoms with Crippen LogP contribution >= 0.6 is 0 Å². The van der Waals surface area contributed by atoms with Gasteiger partial charge in [0.15, 0.2) is 0 Å². The first-order valence-corrected chi connectivity index (χ1v) is 7.14. The number of anilines is 1. The average Bonchev–Trinajstić information content (AvgIpc) is 2.32. The van der Waals surface area contributed by atoms with Gasteiger partial charge in [0, 0.05) is 43.1 Å². The fourth-order valence-corrected chi connectivity index (χ4v) is 1.76. The Bertz CT molecular complexity index is 403. The zero-order valence-electron chi connectivity index (χ0n) is 13.6. The average molecular weight is 280 g/mol. The maximum Gasteiger partial charge on any atom is 0.225 e. The number of rotatable bonds is 6. The second-order valence-corrected chi connectivity index (χ2v) is 6.82. The molecule has 0 unspecified atom stereocenters. The molecule has 1 aromatic heterocycles. The van der Waals surface area contributed by atoms with E-state index in [2.05, 4.69) is 36.1 Å². The molecule has 0 radical (unpaired) electrons. The monoisotopic (exact) mass is 280 g/mol. The second-order valence-electron chi connectivity index (χ2n) is 6.82. The van der Waals surface area contributed by atoms with Crippen molar-refractivity contribution in [2.45, 2.75) is 59.2 Å². The Morgan fingerprint density at radius 2 is 1.70 bits per heavy atom. The minimum atomic E-state index is -0.758. The Morgan fingerprint density at radius 3 is 2.10 bits per heavy atom. The summed E-state index contributed by atoms with van der Waals surface area (Å²) in [6.45, 7) is 14.0. The maximum absolute atomic E-state index is 9.90. The Balaban J connectivity index is 2.69. The SMILES string of the molecule is CCN(CC(C)(C)O)c1ncc(CNC(C)(C)C)cn1. The van der Waals surface area contributed by atoms with Crippen LogP contribution in [0.2, 0.25) is 0 Å². The van der Waals surface area contributed by atoms with Crippen molar-refractivity contribution in [3.05, 3.63) is 18.0 Å². The first-order valence-electron chi connectivity index (χ1n) is 7.14. The Hall–Kier alpha value is -1.20. The van der Waals surface area contributed by atoms with Gasteiger partial charge in [-0.25, -0.2) is 9.97 Å². The number of nitrogens with zero attached hydrogens (tertiary/aromatic N) is 3. The Kier molecular flexibility index (Phi) is 5.48. The highest BCUT2D eigenvalue weighted by molar-refractivity contribution is 5.30. The van der Waals surface area contributed by atoms with Crippen LogP contribution in [0.15, 0.2) is 12.4 Å². The molecule has 1 heterocycles. The first kappa shape index (κ1) is 16.9. The Labute approximate surface area is 122 Å². The van der Waals surface area contributed by atoms with Crippen molar-refractivity contribution in [1.29, 1.82) is 0 Å². The minimum Gasteiger partial charge on any atom is -0.389 e. The molecule has 0 aliphatic carbocycles. The molecule has 20 heavy (non-hydrogen) atoms. The van der Waals surface area contributed by atoms with E-state index in [-0.39, 0.29) is 5.54 Å². The van der Waals surface area contributed by atoms with E-state index < -0.39 is 5.60 Å². The van der Waals surface area contributed by atoms with Crippen LogP contribution in [0.1, 0.15) is 47.1 Å². The van der Waals surface area contributed by atoms with E-state index in [1.165, 1.54) is 0 Å². The highest BCUT2D eigenvalue weighted by atomic mass is 16.3. The van der Waals surface area contributed by atoms with Crippen LogP contribution in [0.4, 0.5) is 5.95 Å². The van der Waals surface area contributed by atoms with Crippen LogP contribution in [0.3, 0.4) is 0 Å². The van der Waals surface area contributed by atoms with Crippen molar-refractivity contribution < 1.29 is 5.11 Å². The molecule has 0 saturated heterocycles. The molecule has 1 aromatic rings. The van der Waals surface area contributed by atoms with E-state index in [4.69, 9.17) is 0 Å². The van der Waals surface area contributed by atoms with Crippen molar-refractivity contribution in [1.82, 2.24) is 15.3 Å². The van der Waals surface area contributed by atoms with Gasteiger partial charge in [0.05, 0.1) is 5.60 Å². The molecule has 0 amide bonds. The normalized spacial score (nSPS) is 12.6. The molecule has 1 rings (SSSR count). The highest BCUT2D eigenvalue weighted by Gasteiger charge is 2.19. The van der Waals surface area contributed by atoms with Gasteiger partial charge < -0.3 is 15.3 Å². The number of nitrogens with one attached hydrogen (secondary N) is 1. The van der Waals surface area contributed by atoms with Gasteiger partial charge in [-0.15, -0.1) is 0 Å². The van der Waals surface area contributed by atoms with Gasteiger partial charge in [0.25, 0.3) is 0 Å². The molecule has 0 spiro atoms. The summed E-state index contributed by atoms with van der Waals surface area (Å²) < 4.78 is 0. The fraction of sp³-hybridized carbons (Fsp3) is 0.733. The summed E-state index contributed by atoms with van der Waals surface area (Å²) in [7, 11) is 0. The topological polar surface area (TPSA) is 61.3 Å². The lowest BCUT2D eigenvalue weighted by Crippen LogP contribution is -2.39. The molecule has 0 aliphatic heterocycles.